The lowest BCUT2D eigenvalue weighted by molar-refractivity contribution is 0.252. The molecule has 0 aliphatic rings. The fraction of sp³-hybridized carbons (Fsp3) is 0.381. The molecule has 24 heavy (non-hydrogen) atoms. The molecule has 126 valence electrons. The van der Waals surface area contributed by atoms with Crippen LogP contribution in [0.4, 0.5) is 4.79 Å². The predicted molar refractivity (Wildman–Crippen MR) is 102 cm³/mol. The summed E-state index contributed by atoms with van der Waals surface area (Å²) in [5.74, 6) is 0. The lowest BCUT2D eigenvalue weighted by atomic mass is 10.0. The number of carbonyl (C=O) groups excluding carboxylic acids is 1. The first-order chi connectivity index (χ1) is 11.7. The number of unbranched alkanes of at least 4 members (excludes halogenated alkanes) is 2. The van der Waals surface area contributed by atoms with E-state index in [1.54, 1.807) is 4.57 Å². The Hall–Kier alpha value is -2.29. The topological polar surface area (TPSA) is 48.0 Å². The van der Waals surface area contributed by atoms with E-state index in [1.807, 2.05) is 12.1 Å². The summed E-state index contributed by atoms with van der Waals surface area (Å²) in [5, 5.41) is 2.27. The number of benzene rings is 2. The standard InChI is InChI=1S/C21H26N2O/c1-3-5-7-15-9-11-19-17(13-15)18-14-16(8-6-4-2)10-12-20(18)23(19)21(22)24/h9-14H,3-8H2,1-2H3,(H2,22,24). The van der Waals surface area contributed by atoms with Crippen molar-refractivity contribution in [3.63, 3.8) is 0 Å². The van der Waals surface area contributed by atoms with Gasteiger partial charge in [0.1, 0.15) is 0 Å². The number of carbonyl (C=O) groups is 1. The summed E-state index contributed by atoms with van der Waals surface area (Å²) in [6.45, 7) is 4.41. The highest BCUT2D eigenvalue weighted by Crippen LogP contribution is 2.31. The predicted octanol–water partition coefficient (Wildman–Crippen LogP) is 5.41. The highest BCUT2D eigenvalue weighted by molar-refractivity contribution is 6.13. The molecule has 0 radical (unpaired) electrons. The molecule has 0 bridgehead atoms. The van der Waals surface area contributed by atoms with Crippen LogP contribution in [0.25, 0.3) is 21.8 Å². The highest BCUT2D eigenvalue weighted by Gasteiger charge is 2.14. The Balaban J connectivity index is 2.19. The molecule has 1 aromatic heterocycles. The van der Waals surface area contributed by atoms with Crippen molar-refractivity contribution >= 4 is 27.8 Å². The maximum atomic E-state index is 12.0. The van der Waals surface area contributed by atoms with Crippen LogP contribution in [0.1, 0.15) is 50.7 Å². The molecule has 1 amide bonds. The van der Waals surface area contributed by atoms with Gasteiger partial charge in [-0.05, 0) is 61.1 Å². The highest BCUT2D eigenvalue weighted by atomic mass is 16.2. The zero-order chi connectivity index (χ0) is 17.1. The summed E-state index contributed by atoms with van der Waals surface area (Å²) in [7, 11) is 0. The molecule has 2 aromatic carbocycles. The van der Waals surface area contributed by atoms with Crippen molar-refractivity contribution in [2.75, 3.05) is 0 Å². The van der Waals surface area contributed by atoms with Crippen LogP contribution in [0, 0.1) is 0 Å². The summed E-state index contributed by atoms with van der Waals surface area (Å²) < 4.78 is 1.64. The second-order valence-electron chi connectivity index (χ2n) is 6.58. The molecule has 0 atom stereocenters. The minimum absolute atomic E-state index is 0.419. The van der Waals surface area contributed by atoms with Gasteiger partial charge in [-0.1, -0.05) is 38.8 Å². The molecule has 3 aromatic rings. The Bertz CT molecular complexity index is 811. The molecule has 2 N–H and O–H groups in total. The Morgan fingerprint density at radius 1 is 0.875 bits per heavy atom. The molecule has 3 nitrogen and oxygen atoms in total. The second-order valence-corrected chi connectivity index (χ2v) is 6.58. The van der Waals surface area contributed by atoms with E-state index in [9.17, 15) is 4.79 Å². The van der Waals surface area contributed by atoms with Gasteiger partial charge in [0.25, 0.3) is 0 Å². The molecule has 0 aliphatic heterocycles. The van der Waals surface area contributed by atoms with Gasteiger partial charge in [0.15, 0.2) is 0 Å². The molecule has 3 heteroatoms. The van der Waals surface area contributed by atoms with Crippen LogP contribution in [0.2, 0.25) is 0 Å². The monoisotopic (exact) mass is 322 g/mol. The van der Waals surface area contributed by atoms with Crippen molar-refractivity contribution in [2.24, 2.45) is 5.73 Å². The minimum atomic E-state index is -0.419. The van der Waals surface area contributed by atoms with Crippen LogP contribution < -0.4 is 5.73 Å². The molecule has 0 aliphatic carbocycles. The summed E-state index contributed by atoms with van der Waals surface area (Å²) in [5.41, 5.74) is 10.1. The van der Waals surface area contributed by atoms with Gasteiger partial charge in [0, 0.05) is 10.8 Å². The zero-order valence-electron chi connectivity index (χ0n) is 14.6. The van der Waals surface area contributed by atoms with E-state index in [0.29, 0.717) is 0 Å². The van der Waals surface area contributed by atoms with Crippen LogP contribution >= 0.6 is 0 Å². The SMILES string of the molecule is CCCCc1ccc2c(c1)c1cc(CCCC)ccc1n2C(N)=O. The van der Waals surface area contributed by atoms with Crippen molar-refractivity contribution in [1.29, 1.82) is 0 Å². The number of rotatable bonds is 6. The van der Waals surface area contributed by atoms with Crippen molar-refractivity contribution in [1.82, 2.24) is 4.57 Å². The summed E-state index contributed by atoms with van der Waals surface area (Å²) >= 11 is 0. The van der Waals surface area contributed by atoms with E-state index in [0.717, 1.165) is 34.6 Å². The normalized spacial score (nSPS) is 11.4. The molecule has 3 rings (SSSR count). The van der Waals surface area contributed by atoms with Crippen LogP contribution in [-0.4, -0.2) is 10.6 Å². The largest absolute Gasteiger partial charge is 0.351 e. The van der Waals surface area contributed by atoms with E-state index < -0.39 is 6.03 Å². The first kappa shape index (κ1) is 16.6. The second kappa shape index (κ2) is 7.08. The summed E-state index contributed by atoms with van der Waals surface area (Å²) in [6, 6.07) is 12.4. The number of nitrogens with two attached hydrogens (primary N) is 1. The Kier molecular flexibility index (Phi) is 4.89. The Morgan fingerprint density at radius 3 is 1.71 bits per heavy atom. The average Bonchev–Trinajstić information content (AvgIpc) is 2.91. The fourth-order valence-corrected chi connectivity index (χ4v) is 3.43. The minimum Gasteiger partial charge on any atom is -0.351 e. The molecule has 0 saturated carbocycles. The number of aromatic nitrogens is 1. The number of hydrogen-bond donors (Lipinski definition) is 1. The molecule has 0 fully saturated rings. The van der Waals surface area contributed by atoms with Crippen LogP contribution in [0.3, 0.4) is 0 Å². The molecule has 0 saturated heterocycles. The van der Waals surface area contributed by atoms with E-state index in [-0.39, 0.29) is 0 Å². The molecular weight excluding hydrogens is 296 g/mol. The molecular formula is C21H26N2O. The number of amides is 1. The third-order valence-corrected chi connectivity index (χ3v) is 4.75. The van der Waals surface area contributed by atoms with Crippen molar-refractivity contribution in [3.05, 3.63) is 47.5 Å². The fourth-order valence-electron chi connectivity index (χ4n) is 3.43. The van der Waals surface area contributed by atoms with Crippen molar-refractivity contribution < 1.29 is 4.79 Å². The lowest BCUT2D eigenvalue weighted by Gasteiger charge is -2.03. The maximum absolute atomic E-state index is 12.0. The van der Waals surface area contributed by atoms with Crippen molar-refractivity contribution in [2.45, 2.75) is 52.4 Å². The number of nitrogens with zero attached hydrogens (tertiary/aromatic N) is 1. The number of primary amides is 1. The van der Waals surface area contributed by atoms with Crippen molar-refractivity contribution in [3.8, 4) is 0 Å². The lowest BCUT2D eigenvalue weighted by Crippen LogP contribution is -2.18. The van der Waals surface area contributed by atoms with Gasteiger partial charge in [-0.3, -0.25) is 4.57 Å². The van der Waals surface area contributed by atoms with Gasteiger partial charge in [0.2, 0.25) is 0 Å². The van der Waals surface area contributed by atoms with Crippen LogP contribution in [0.15, 0.2) is 36.4 Å². The smallest absolute Gasteiger partial charge is 0.323 e. The zero-order valence-corrected chi connectivity index (χ0v) is 14.6. The third-order valence-electron chi connectivity index (χ3n) is 4.75. The van der Waals surface area contributed by atoms with Gasteiger partial charge >= 0.3 is 6.03 Å². The number of hydrogen-bond acceptors (Lipinski definition) is 1. The number of aryl methyl sites for hydroxylation is 2. The van der Waals surface area contributed by atoms with Gasteiger partial charge < -0.3 is 5.73 Å². The van der Waals surface area contributed by atoms with Gasteiger partial charge in [-0.2, -0.15) is 0 Å². The van der Waals surface area contributed by atoms with E-state index in [4.69, 9.17) is 5.73 Å². The maximum Gasteiger partial charge on any atom is 0.323 e. The van der Waals surface area contributed by atoms with Gasteiger partial charge in [-0.25, -0.2) is 4.79 Å². The first-order valence-electron chi connectivity index (χ1n) is 9.01. The van der Waals surface area contributed by atoms with Crippen LogP contribution in [0.5, 0.6) is 0 Å². The van der Waals surface area contributed by atoms with Crippen LogP contribution in [-0.2, 0) is 12.8 Å². The van der Waals surface area contributed by atoms with E-state index in [1.165, 1.54) is 36.8 Å². The first-order valence-corrected chi connectivity index (χ1v) is 9.01. The number of fused-ring (bicyclic) bond motifs is 3. The molecule has 1 heterocycles. The average molecular weight is 322 g/mol. The van der Waals surface area contributed by atoms with E-state index >= 15 is 0 Å². The summed E-state index contributed by atoms with van der Waals surface area (Å²) in [6.07, 6.45) is 6.88. The summed E-state index contributed by atoms with van der Waals surface area (Å²) in [4.78, 5) is 12.0. The molecule has 0 spiro atoms. The van der Waals surface area contributed by atoms with Gasteiger partial charge in [0.05, 0.1) is 11.0 Å². The Morgan fingerprint density at radius 2 is 1.33 bits per heavy atom. The van der Waals surface area contributed by atoms with E-state index in [2.05, 4.69) is 38.1 Å². The van der Waals surface area contributed by atoms with Gasteiger partial charge in [-0.15, -0.1) is 0 Å². The third kappa shape index (κ3) is 3.03. The quantitative estimate of drug-likeness (QED) is 0.648. The molecule has 0 unspecified atom stereocenters. The Labute approximate surface area is 143 Å².